The van der Waals surface area contributed by atoms with Crippen molar-refractivity contribution >= 4 is 184 Å². The van der Waals surface area contributed by atoms with Crippen LogP contribution in [0.4, 0.5) is 0 Å². The number of para-hydroxylation sites is 10. The van der Waals surface area contributed by atoms with E-state index < -0.39 is 0 Å². The topological polar surface area (TPSA) is 34.5 Å². The molecule has 0 radical (unpaired) electrons. The van der Waals surface area contributed by atoms with E-state index in [9.17, 15) is 0 Å². The molecule has 8 heterocycles. The number of fused-ring (bicyclic) bond motifs is 27. The average Bonchev–Trinajstić information content (AvgIpc) is 1.56. The van der Waals surface area contributed by atoms with Crippen molar-refractivity contribution in [3.8, 4) is 39.8 Å². The number of hydrogen-bond acceptors (Lipinski definition) is 1. The number of aryl methyl sites for hydroxylation is 4. The molecule has 0 N–H and O–H groups in total. The summed E-state index contributed by atoms with van der Waals surface area (Å²) in [6, 6.07) is 156. The summed E-state index contributed by atoms with van der Waals surface area (Å²) < 4.78 is 19.6. The molecule has 596 valence electrons. The molecule has 0 atom stereocenters. The zero-order chi connectivity index (χ0) is 83.8. The highest BCUT2D eigenvalue weighted by Crippen LogP contribution is 2.48. The Kier molecular flexibility index (Phi) is 17.6. The van der Waals surface area contributed by atoms with Crippen molar-refractivity contribution in [2.75, 3.05) is 0 Å². The highest BCUT2D eigenvalue weighted by Gasteiger charge is 2.26. The third-order valence-electron chi connectivity index (χ3n) is 25.7. The highest BCUT2D eigenvalue weighted by atomic mass is 32.1. The molecule has 0 bridgehead atoms. The molecule has 0 saturated heterocycles. The molecular formula is C118H83N7S. The number of hydrogen-bond donors (Lipinski definition) is 0. The third kappa shape index (κ3) is 11.9. The molecule has 0 spiro atoms. The normalized spacial score (nSPS) is 11.8. The second-order valence-corrected chi connectivity index (χ2v) is 34.4. The number of nitrogens with zero attached hydrogens (tertiary/aromatic N) is 7. The summed E-state index contributed by atoms with van der Waals surface area (Å²) in [5.74, 6) is 0. The second-order valence-electron chi connectivity index (χ2n) is 33.4. The summed E-state index contributed by atoms with van der Waals surface area (Å²) in [6.07, 6.45) is 0. The Balaban J connectivity index is 0.0000000942. The van der Waals surface area contributed by atoms with Crippen molar-refractivity contribution in [1.29, 1.82) is 0 Å². The standard InChI is InChI=1S/3C31H22N2.C25H17NS/c1-21-16-17-26-29(20-21)32(22-10-4-2-5-11-22)28-19-18-25-24-14-8-9-15-27(24)33(31(25)30(26)28)23-12-6-3-7-13-23;1-21-10-9-13-23(18-21)33-29-17-8-6-15-25(29)27-19-26-24-14-5-7-16-28(24)32(30(26)20-31(27)33)22-11-3-2-4-12-22;1-21-15-17-23(18-16-21)32-28-14-8-6-12-26(28)30-29(32)20-19-25-24-11-5-7-13-27(24)33(31(25)30)22-9-3-2-4-10-22;1-16-11-12-18-21(15-16)26(17-7-3-2-4-8-17)20-13-14-23-25(24(18)20)19-9-5-6-10-22(19)27-23/h3*2-20H,1H3;2-15H,1H3. The van der Waals surface area contributed by atoms with E-state index >= 15 is 0 Å². The second kappa shape index (κ2) is 30.0. The van der Waals surface area contributed by atoms with Crippen LogP contribution in [0.1, 0.15) is 22.3 Å². The molecule has 0 unspecified atom stereocenters. The van der Waals surface area contributed by atoms with Gasteiger partial charge in [-0.1, -0.05) is 266 Å². The fourth-order valence-corrected chi connectivity index (χ4v) is 21.4. The van der Waals surface area contributed by atoms with Crippen molar-refractivity contribution in [3.63, 3.8) is 0 Å². The molecular weight excluding hydrogens is 1550 g/mol. The molecule has 8 heteroatoms. The first-order valence-electron chi connectivity index (χ1n) is 43.4. The van der Waals surface area contributed by atoms with Gasteiger partial charge in [0.25, 0.3) is 0 Å². The minimum atomic E-state index is 1.18. The van der Waals surface area contributed by atoms with Crippen LogP contribution in [0.5, 0.6) is 0 Å². The maximum Gasteiger partial charge on any atom is 0.0641 e. The van der Waals surface area contributed by atoms with E-state index in [1.165, 1.54) is 235 Å². The van der Waals surface area contributed by atoms with Crippen LogP contribution in [0.3, 0.4) is 0 Å². The molecule has 126 heavy (non-hydrogen) atoms. The van der Waals surface area contributed by atoms with Crippen LogP contribution in [-0.2, 0) is 0 Å². The van der Waals surface area contributed by atoms with Gasteiger partial charge in [0.1, 0.15) is 0 Å². The quantitative estimate of drug-likeness (QED) is 0.152. The lowest BCUT2D eigenvalue weighted by Gasteiger charge is -2.10. The third-order valence-corrected chi connectivity index (χ3v) is 26.8. The lowest BCUT2D eigenvalue weighted by molar-refractivity contribution is 1.16. The lowest BCUT2D eigenvalue weighted by atomic mass is 10.0. The van der Waals surface area contributed by atoms with E-state index in [2.05, 4.69) is 490 Å². The van der Waals surface area contributed by atoms with E-state index in [0.717, 1.165) is 0 Å². The molecule has 0 aliphatic heterocycles. The Morgan fingerprint density at radius 1 is 0.143 bits per heavy atom. The molecule has 0 fully saturated rings. The highest BCUT2D eigenvalue weighted by molar-refractivity contribution is 7.26. The Morgan fingerprint density at radius 3 is 0.913 bits per heavy atom. The van der Waals surface area contributed by atoms with E-state index in [4.69, 9.17) is 0 Å². The Hall–Kier alpha value is -16.0. The largest absolute Gasteiger partial charge is 0.309 e. The maximum atomic E-state index is 2.43. The Labute approximate surface area is 731 Å². The van der Waals surface area contributed by atoms with Gasteiger partial charge in [-0.3, -0.25) is 0 Å². The maximum absolute atomic E-state index is 2.43. The number of rotatable bonds is 7. The minimum absolute atomic E-state index is 1.18. The molecule has 0 amide bonds. The van der Waals surface area contributed by atoms with Crippen molar-refractivity contribution in [1.82, 2.24) is 32.0 Å². The van der Waals surface area contributed by atoms with E-state index in [1.807, 2.05) is 11.3 Å². The number of benzene rings is 19. The molecule has 0 saturated carbocycles. The van der Waals surface area contributed by atoms with E-state index in [-0.39, 0.29) is 0 Å². The van der Waals surface area contributed by atoms with Gasteiger partial charge < -0.3 is 32.0 Å². The van der Waals surface area contributed by atoms with Gasteiger partial charge in [0.2, 0.25) is 0 Å². The summed E-state index contributed by atoms with van der Waals surface area (Å²) in [6.45, 7) is 8.63. The fourth-order valence-electron chi connectivity index (χ4n) is 20.3. The van der Waals surface area contributed by atoms with Gasteiger partial charge in [0.15, 0.2) is 0 Å². The molecule has 27 rings (SSSR count). The average molecular weight is 1630 g/mol. The predicted molar refractivity (Wildman–Crippen MR) is 538 cm³/mol. The SMILES string of the molecule is Cc1ccc(-n2c3ccccc3c3c2ccc2c4ccccc4n(-c4ccccc4)c23)cc1.Cc1ccc2c3c(ccc4c5ccccc5n(-c5ccccc5)c43)n(-c3ccccc3)c2c1.Cc1ccc2c3c4c(ccc3n(-c3ccccc3)c2c1)sc1ccccc14.Cc1cccc(-n2c3ccccc3c3cc4c5ccccc5n(-c5ccccc5)c4cc32)c1. The molecule has 27 aromatic rings. The van der Waals surface area contributed by atoms with Crippen molar-refractivity contribution < 1.29 is 0 Å². The van der Waals surface area contributed by atoms with E-state index in [1.54, 1.807) is 0 Å². The first-order valence-corrected chi connectivity index (χ1v) is 44.2. The van der Waals surface area contributed by atoms with Crippen molar-refractivity contribution in [2.45, 2.75) is 27.7 Å². The minimum Gasteiger partial charge on any atom is -0.309 e. The predicted octanol–water partition coefficient (Wildman–Crippen LogP) is 32.0. The van der Waals surface area contributed by atoms with Crippen LogP contribution in [0.25, 0.3) is 213 Å². The van der Waals surface area contributed by atoms with Crippen LogP contribution in [-0.4, -0.2) is 32.0 Å². The summed E-state index contributed by atoms with van der Waals surface area (Å²) in [4.78, 5) is 0. The monoisotopic (exact) mass is 1630 g/mol. The Bertz CT molecular complexity index is 8980. The van der Waals surface area contributed by atoms with Gasteiger partial charge in [0, 0.05) is 135 Å². The number of thiophene rings is 1. The van der Waals surface area contributed by atoms with Gasteiger partial charge >= 0.3 is 0 Å². The zero-order valence-corrected chi connectivity index (χ0v) is 70.8. The molecule has 0 aliphatic carbocycles. The summed E-state index contributed by atoms with van der Waals surface area (Å²) in [7, 11) is 0. The number of aromatic nitrogens is 7. The van der Waals surface area contributed by atoms with Crippen LogP contribution >= 0.6 is 11.3 Å². The van der Waals surface area contributed by atoms with Crippen molar-refractivity contribution in [3.05, 3.63) is 453 Å². The van der Waals surface area contributed by atoms with Crippen LogP contribution in [0.2, 0.25) is 0 Å². The molecule has 7 nitrogen and oxygen atoms in total. The van der Waals surface area contributed by atoms with Gasteiger partial charge in [-0.05, 0) is 214 Å². The van der Waals surface area contributed by atoms with Crippen LogP contribution in [0, 0.1) is 27.7 Å². The first kappa shape index (κ1) is 73.9. The van der Waals surface area contributed by atoms with Crippen LogP contribution < -0.4 is 0 Å². The van der Waals surface area contributed by atoms with Crippen molar-refractivity contribution in [2.24, 2.45) is 0 Å². The Morgan fingerprint density at radius 2 is 0.444 bits per heavy atom. The molecule has 8 aromatic heterocycles. The zero-order valence-electron chi connectivity index (χ0n) is 70.0. The fraction of sp³-hybridized carbons (Fsp3) is 0.0339. The first-order chi connectivity index (χ1) is 62.2. The van der Waals surface area contributed by atoms with Gasteiger partial charge in [-0.25, -0.2) is 0 Å². The molecule has 19 aromatic carbocycles. The summed E-state index contributed by atoms with van der Waals surface area (Å²) in [5.41, 5.74) is 30.8. The lowest BCUT2D eigenvalue weighted by Crippen LogP contribution is -1.96. The smallest absolute Gasteiger partial charge is 0.0641 e. The van der Waals surface area contributed by atoms with Gasteiger partial charge in [0.05, 0.1) is 77.2 Å². The van der Waals surface area contributed by atoms with Crippen LogP contribution in [0.15, 0.2) is 431 Å². The van der Waals surface area contributed by atoms with Gasteiger partial charge in [-0.2, -0.15) is 0 Å². The summed E-state index contributed by atoms with van der Waals surface area (Å²) >= 11 is 1.88. The van der Waals surface area contributed by atoms with Gasteiger partial charge in [-0.15, -0.1) is 11.3 Å². The van der Waals surface area contributed by atoms with E-state index in [0.29, 0.717) is 0 Å². The molecule has 0 aliphatic rings. The summed E-state index contributed by atoms with van der Waals surface area (Å²) in [5, 5.41) is 20.9.